The van der Waals surface area contributed by atoms with E-state index in [4.69, 9.17) is 11.6 Å². The zero-order chi connectivity index (χ0) is 15.7. The molecule has 1 N–H and O–H groups in total. The standard InChI is InChI=1S/C17H15ClN2O2/c1-11-19-15-9-5-3-7-13(15)17(22)20(11)10-16(21)12-6-2-4-8-14(12)18/h2-9,16,21H,10H2,1H3. The zero-order valence-electron chi connectivity index (χ0n) is 12.0. The average Bonchev–Trinajstić information content (AvgIpc) is 2.51. The van der Waals surface area contributed by atoms with E-state index in [1.54, 1.807) is 49.4 Å². The summed E-state index contributed by atoms with van der Waals surface area (Å²) in [7, 11) is 0. The third kappa shape index (κ3) is 2.63. The van der Waals surface area contributed by atoms with Crippen LogP contribution < -0.4 is 5.56 Å². The average molecular weight is 315 g/mol. The molecular weight excluding hydrogens is 300 g/mol. The molecule has 0 aliphatic carbocycles. The van der Waals surface area contributed by atoms with Crippen molar-refractivity contribution < 1.29 is 5.11 Å². The summed E-state index contributed by atoms with van der Waals surface area (Å²) in [6.45, 7) is 1.87. The maximum Gasteiger partial charge on any atom is 0.261 e. The van der Waals surface area contributed by atoms with E-state index in [0.29, 0.717) is 27.3 Å². The number of hydrogen-bond acceptors (Lipinski definition) is 3. The fraction of sp³-hybridized carbons (Fsp3) is 0.176. The fourth-order valence-corrected chi connectivity index (χ4v) is 2.77. The molecule has 0 amide bonds. The van der Waals surface area contributed by atoms with Gasteiger partial charge in [-0.3, -0.25) is 9.36 Å². The van der Waals surface area contributed by atoms with Gasteiger partial charge in [-0.25, -0.2) is 4.98 Å². The number of hydrogen-bond donors (Lipinski definition) is 1. The van der Waals surface area contributed by atoms with Gasteiger partial charge in [0.2, 0.25) is 0 Å². The first-order chi connectivity index (χ1) is 10.6. The van der Waals surface area contributed by atoms with Crippen LogP contribution in [-0.2, 0) is 6.54 Å². The van der Waals surface area contributed by atoms with Gasteiger partial charge in [0.1, 0.15) is 5.82 Å². The van der Waals surface area contributed by atoms with Crippen molar-refractivity contribution >= 4 is 22.5 Å². The molecule has 2 aromatic carbocycles. The summed E-state index contributed by atoms with van der Waals surface area (Å²) < 4.78 is 1.48. The monoisotopic (exact) mass is 314 g/mol. The smallest absolute Gasteiger partial charge is 0.261 e. The van der Waals surface area contributed by atoms with Crippen molar-refractivity contribution in [3.63, 3.8) is 0 Å². The fourth-order valence-electron chi connectivity index (χ4n) is 2.51. The molecule has 3 rings (SSSR count). The molecule has 0 aliphatic heterocycles. The lowest BCUT2D eigenvalue weighted by atomic mass is 10.1. The first-order valence-electron chi connectivity index (χ1n) is 6.96. The quantitative estimate of drug-likeness (QED) is 0.808. The van der Waals surface area contributed by atoms with Crippen LogP contribution in [-0.4, -0.2) is 14.7 Å². The summed E-state index contributed by atoms with van der Waals surface area (Å²) in [4.78, 5) is 17.0. The molecule has 3 aromatic rings. The molecule has 1 atom stereocenters. The molecule has 0 spiro atoms. The topological polar surface area (TPSA) is 55.1 Å². The van der Waals surface area contributed by atoms with Crippen molar-refractivity contribution in [2.24, 2.45) is 0 Å². The summed E-state index contributed by atoms with van der Waals surface area (Å²) in [5.41, 5.74) is 1.10. The lowest BCUT2D eigenvalue weighted by molar-refractivity contribution is 0.154. The Morgan fingerprint density at radius 2 is 1.86 bits per heavy atom. The molecule has 4 nitrogen and oxygen atoms in total. The van der Waals surface area contributed by atoms with Gasteiger partial charge in [-0.15, -0.1) is 0 Å². The first kappa shape index (κ1) is 14.8. The number of aliphatic hydroxyl groups is 1. The Morgan fingerprint density at radius 3 is 2.64 bits per heavy atom. The maximum atomic E-state index is 12.6. The van der Waals surface area contributed by atoms with E-state index in [9.17, 15) is 9.90 Å². The number of nitrogens with zero attached hydrogens (tertiary/aromatic N) is 2. The van der Waals surface area contributed by atoms with Gasteiger partial charge >= 0.3 is 0 Å². The van der Waals surface area contributed by atoms with Crippen molar-refractivity contribution in [3.8, 4) is 0 Å². The van der Waals surface area contributed by atoms with Crippen molar-refractivity contribution in [1.82, 2.24) is 9.55 Å². The van der Waals surface area contributed by atoms with E-state index in [1.165, 1.54) is 4.57 Å². The van der Waals surface area contributed by atoms with Crippen LogP contribution in [0, 0.1) is 6.92 Å². The number of halogens is 1. The Hall–Kier alpha value is -2.17. The predicted molar refractivity (Wildman–Crippen MR) is 87.2 cm³/mol. The number of benzene rings is 2. The Balaban J connectivity index is 2.04. The van der Waals surface area contributed by atoms with Crippen LogP contribution in [0.5, 0.6) is 0 Å². The van der Waals surface area contributed by atoms with E-state index in [1.807, 2.05) is 6.07 Å². The third-order valence-corrected chi connectivity index (χ3v) is 4.02. The van der Waals surface area contributed by atoms with Gasteiger partial charge in [0.05, 0.1) is 23.6 Å². The first-order valence-corrected chi connectivity index (χ1v) is 7.34. The second kappa shape index (κ2) is 5.91. The van der Waals surface area contributed by atoms with E-state index in [2.05, 4.69) is 4.98 Å². The molecule has 1 unspecified atom stereocenters. The minimum Gasteiger partial charge on any atom is -0.386 e. The molecule has 5 heteroatoms. The van der Waals surface area contributed by atoms with Gasteiger partial charge in [-0.05, 0) is 25.1 Å². The maximum absolute atomic E-state index is 12.6. The summed E-state index contributed by atoms with van der Waals surface area (Å²) >= 11 is 6.10. The highest BCUT2D eigenvalue weighted by molar-refractivity contribution is 6.31. The number of para-hydroxylation sites is 1. The second-order valence-corrected chi connectivity index (χ2v) is 5.54. The van der Waals surface area contributed by atoms with E-state index in [-0.39, 0.29) is 12.1 Å². The van der Waals surface area contributed by atoms with Crippen LogP contribution in [0.25, 0.3) is 10.9 Å². The van der Waals surface area contributed by atoms with Crippen molar-refractivity contribution in [2.45, 2.75) is 19.6 Å². The van der Waals surface area contributed by atoms with E-state index < -0.39 is 6.10 Å². The van der Waals surface area contributed by atoms with Gasteiger partial charge in [0, 0.05) is 10.6 Å². The van der Waals surface area contributed by atoms with E-state index in [0.717, 1.165) is 0 Å². The molecule has 0 fully saturated rings. The van der Waals surface area contributed by atoms with Gasteiger partial charge < -0.3 is 5.11 Å². The molecule has 0 aliphatic rings. The van der Waals surface area contributed by atoms with Gasteiger partial charge in [0.25, 0.3) is 5.56 Å². The van der Waals surface area contributed by atoms with Crippen LogP contribution in [0.3, 0.4) is 0 Å². The number of aromatic nitrogens is 2. The summed E-state index contributed by atoms with van der Waals surface area (Å²) in [6, 6.07) is 14.3. The van der Waals surface area contributed by atoms with Crippen molar-refractivity contribution in [2.75, 3.05) is 0 Å². The third-order valence-electron chi connectivity index (χ3n) is 3.67. The SMILES string of the molecule is Cc1nc2ccccc2c(=O)n1CC(O)c1ccccc1Cl. The number of aliphatic hydroxyl groups excluding tert-OH is 1. The molecule has 1 aromatic heterocycles. The van der Waals surface area contributed by atoms with Crippen molar-refractivity contribution in [3.05, 3.63) is 75.3 Å². The molecular formula is C17H15ClN2O2. The second-order valence-electron chi connectivity index (χ2n) is 5.13. The molecule has 112 valence electrons. The minimum atomic E-state index is -0.868. The molecule has 1 heterocycles. The van der Waals surface area contributed by atoms with Crippen LogP contribution in [0.4, 0.5) is 0 Å². The normalized spacial score (nSPS) is 12.5. The highest BCUT2D eigenvalue weighted by atomic mass is 35.5. The minimum absolute atomic E-state index is 0.117. The number of fused-ring (bicyclic) bond motifs is 1. The molecule has 0 bridgehead atoms. The van der Waals surface area contributed by atoms with Crippen LogP contribution in [0.1, 0.15) is 17.5 Å². The Morgan fingerprint density at radius 1 is 1.18 bits per heavy atom. The summed E-state index contributed by atoms with van der Waals surface area (Å²) in [5.74, 6) is 0.565. The van der Waals surface area contributed by atoms with E-state index >= 15 is 0 Å². The zero-order valence-corrected chi connectivity index (χ0v) is 12.8. The summed E-state index contributed by atoms with van der Waals surface area (Å²) in [6.07, 6.45) is -0.868. The lowest BCUT2D eigenvalue weighted by Gasteiger charge is -2.16. The molecule has 0 saturated heterocycles. The lowest BCUT2D eigenvalue weighted by Crippen LogP contribution is -2.26. The summed E-state index contributed by atoms with van der Waals surface area (Å²) in [5, 5.41) is 11.4. The van der Waals surface area contributed by atoms with Gasteiger partial charge in [0.15, 0.2) is 0 Å². The van der Waals surface area contributed by atoms with Crippen LogP contribution in [0.15, 0.2) is 53.3 Å². The number of aryl methyl sites for hydroxylation is 1. The molecule has 22 heavy (non-hydrogen) atoms. The Bertz CT molecular complexity index is 889. The Labute approximate surface area is 132 Å². The van der Waals surface area contributed by atoms with Crippen LogP contribution >= 0.6 is 11.6 Å². The van der Waals surface area contributed by atoms with Gasteiger partial charge in [-0.2, -0.15) is 0 Å². The van der Waals surface area contributed by atoms with Crippen LogP contribution in [0.2, 0.25) is 5.02 Å². The number of rotatable bonds is 3. The predicted octanol–water partition coefficient (Wildman–Crippen LogP) is 3.09. The molecule has 0 radical (unpaired) electrons. The highest BCUT2D eigenvalue weighted by Crippen LogP contribution is 2.23. The van der Waals surface area contributed by atoms with Crippen molar-refractivity contribution in [1.29, 1.82) is 0 Å². The largest absolute Gasteiger partial charge is 0.386 e. The van der Waals surface area contributed by atoms with Gasteiger partial charge in [-0.1, -0.05) is 41.9 Å². The highest BCUT2D eigenvalue weighted by Gasteiger charge is 2.15. The molecule has 0 saturated carbocycles. The Kier molecular flexibility index (Phi) is 3.96.